The zero-order chi connectivity index (χ0) is 15.0. The van der Waals surface area contributed by atoms with Crippen LogP contribution in [-0.4, -0.2) is 35.3 Å². The molecule has 0 aromatic carbocycles. The van der Waals surface area contributed by atoms with Crippen molar-refractivity contribution >= 4 is 11.8 Å². The van der Waals surface area contributed by atoms with Gasteiger partial charge in [-0.3, -0.25) is 9.59 Å². The Kier molecular flexibility index (Phi) is 3.64. The largest absolute Gasteiger partial charge is 0.350 e. The molecule has 5 heteroatoms. The minimum atomic E-state index is -0.860. The lowest BCUT2D eigenvalue weighted by Gasteiger charge is -2.30. The molecule has 114 valence electrons. The molecule has 2 saturated carbocycles. The summed E-state index contributed by atoms with van der Waals surface area (Å²) in [6, 6.07) is 2.50. The van der Waals surface area contributed by atoms with E-state index in [1.54, 1.807) is 0 Å². The van der Waals surface area contributed by atoms with Gasteiger partial charge in [0.25, 0.3) is 0 Å². The maximum Gasteiger partial charge on any atom is 0.240 e. The second-order valence-electron chi connectivity index (χ2n) is 6.96. The number of hydrogen-bond acceptors (Lipinski definition) is 3. The Balaban J connectivity index is 1.60. The summed E-state index contributed by atoms with van der Waals surface area (Å²) >= 11 is 0. The van der Waals surface area contributed by atoms with Gasteiger partial charge in [0.1, 0.15) is 5.41 Å². The van der Waals surface area contributed by atoms with Gasteiger partial charge in [0.2, 0.25) is 11.8 Å². The Morgan fingerprint density at radius 2 is 2.05 bits per heavy atom. The van der Waals surface area contributed by atoms with Gasteiger partial charge >= 0.3 is 0 Å². The standard InChI is InChI=1S/C16H23N3O2/c1-11-7-13(11)19-9-12(8-14(19)20)18-15(21)16(10-17)5-3-2-4-6-16/h11-13H,2-9H2,1H3,(H,18,21)/t11-,12+,13-/m1/s1. The lowest BCUT2D eigenvalue weighted by atomic mass is 9.74. The fourth-order valence-corrected chi connectivity index (χ4v) is 3.75. The third-order valence-corrected chi connectivity index (χ3v) is 5.32. The highest BCUT2D eigenvalue weighted by molar-refractivity contribution is 5.87. The second-order valence-corrected chi connectivity index (χ2v) is 6.96. The van der Waals surface area contributed by atoms with Gasteiger partial charge in [-0.05, 0) is 25.2 Å². The lowest BCUT2D eigenvalue weighted by Crippen LogP contribution is -2.47. The molecule has 3 aliphatic rings. The van der Waals surface area contributed by atoms with E-state index in [0.29, 0.717) is 37.8 Å². The molecule has 2 amide bonds. The van der Waals surface area contributed by atoms with Crippen LogP contribution in [0.1, 0.15) is 51.9 Å². The predicted molar refractivity (Wildman–Crippen MR) is 77.0 cm³/mol. The first kappa shape index (κ1) is 14.4. The number of rotatable bonds is 3. The van der Waals surface area contributed by atoms with Crippen molar-refractivity contribution in [3.05, 3.63) is 0 Å². The first-order chi connectivity index (χ1) is 10.1. The maximum atomic E-state index is 12.5. The highest BCUT2D eigenvalue weighted by atomic mass is 16.2. The number of carbonyl (C=O) groups is 2. The van der Waals surface area contributed by atoms with E-state index in [2.05, 4.69) is 18.3 Å². The molecule has 0 radical (unpaired) electrons. The number of likely N-dealkylation sites (tertiary alicyclic amines) is 1. The van der Waals surface area contributed by atoms with Gasteiger partial charge in [0.05, 0.1) is 12.1 Å². The molecule has 1 saturated heterocycles. The van der Waals surface area contributed by atoms with E-state index in [1.165, 1.54) is 0 Å². The van der Waals surface area contributed by atoms with Gasteiger partial charge in [-0.25, -0.2) is 0 Å². The molecule has 0 aromatic heterocycles. The Labute approximate surface area is 125 Å². The van der Waals surface area contributed by atoms with Crippen LogP contribution in [0, 0.1) is 22.7 Å². The van der Waals surface area contributed by atoms with Crippen LogP contribution in [0.15, 0.2) is 0 Å². The zero-order valence-electron chi connectivity index (χ0n) is 12.6. The summed E-state index contributed by atoms with van der Waals surface area (Å²) in [7, 11) is 0. The van der Waals surface area contributed by atoms with E-state index in [9.17, 15) is 14.9 Å². The lowest BCUT2D eigenvalue weighted by molar-refractivity contribution is -0.130. The van der Waals surface area contributed by atoms with E-state index in [4.69, 9.17) is 0 Å². The van der Waals surface area contributed by atoms with Crippen molar-refractivity contribution in [3.8, 4) is 6.07 Å². The van der Waals surface area contributed by atoms with Crippen molar-refractivity contribution in [2.75, 3.05) is 6.54 Å². The summed E-state index contributed by atoms with van der Waals surface area (Å²) in [6.45, 7) is 2.76. The van der Waals surface area contributed by atoms with Crippen molar-refractivity contribution < 1.29 is 9.59 Å². The Morgan fingerprint density at radius 3 is 2.62 bits per heavy atom. The van der Waals surface area contributed by atoms with E-state index in [-0.39, 0.29) is 17.9 Å². The summed E-state index contributed by atoms with van der Waals surface area (Å²) in [5.41, 5.74) is -0.860. The highest BCUT2D eigenvalue weighted by Crippen LogP contribution is 2.38. The molecular weight excluding hydrogens is 266 g/mol. The van der Waals surface area contributed by atoms with Crippen LogP contribution in [0.5, 0.6) is 0 Å². The van der Waals surface area contributed by atoms with Crippen molar-refractivity contribution in [2.45, 2.75) is 64.0 Å². The van der Waals surface area contributed by atoms with Crippen molar-refractivity contribution in [3.63, 3.8) is 0 Å². The Morgan fingerprint density at radius 1 is 1.38 bits per heavy atom. The molecule has 0 spiro atoms. The normalized spacial score (nSPS) is 34.4. The first-order valence-electron chi connectivity index (χ1n) is 8.07. The molecule has 21 heavy (non-hydrogen) atoms. The number of nitrogens with one attached hydrogen (secondary N) is 1. The third kappa shape index (κ3) is 2.64. The van der Waals surface area contributed by atoms with Crippen LogP contribution in [0.25, 0.3) is 0 Å². The van der Waals surface area contributed by atoms with Crippen LogP contribution in [0.3, 0.4) is 0 Å². The molecule has 3 rings (SSSR count). The number of nitrogens with zero attached hydrogens (tertiary/aromatic N) is 2. The number of carbonyl (C=O) groups excluding carboxylic acids is 2. The molecular formula is C16H23N3O2. The fourth-order valence-electron chi connectivity index (χ4n) is 3.75. The maximum absolute atomic E-state index is 12.5. The minimum Gasteiger partial charge on any atom is -0.350 e. The quantitative estimate of drug-likeness (QED) is 0.857. The smallest absolute Gasteiger partial charge is 0.240 e. The average Bonchev–Trinajstić information content (AvgIpc) is 3.10. The molecule has 1 heterocycles. The zero-order valence-corrected chi connectivity index (χ0v) is 12.6. The van der Waals surface area contributed by atoms with Gasteiger partial charge in [-0.1, -0.05) is 26.2 Å². The van der Waals surface area contributed by atoms with E-state index in [1.807, 2.05) is 4.90 Å². The molecule has 1 aliphatic heterocycles. The summed E-state index contributed by atoms with van der Waals surface area (Å²) in [4.78, 5) is 26.4. The summed E-state index contributed by atoms with van der Waals surface area (Å²) in [5.74, 6) is 0.574. The first-order valence-corrected chi connectivity index (χ1v) is 8.07. The second kappa shape index (κ2) is 5.32. The molecule has 5 nitrogen and oxygen atoms in total. The SMILES string of the molecule is C[C@@H]1C[C@H]1N1C[C@@H](NC(=O)C2(C#N)CCCCC2)CC1=O. The van der Waals surface area contributed by atoms with Gasteiger partial charge in [-0.2, -0.15) is 5.26 Å². The number of nitriles is 1. The van der Waals surface area contributed by atoms with E-state index in [0.717, 1.165) is 25.7 Å². The Bertz CT molecular complexity index is 490. The van der Waals surface area contributed by atoms with Crippen LogP contribution in [0.2, 0.25) is 0 Å². The Hall–Kier alpha value is -1.57. The molecule has 0 unspecified atom stereocenters. The van der Waals surface area contributed by atoms with Crippen molar-refractivity contribution in [2.24, 2.45) is 11.3 Å². The molecule has 3 atom stereocenters. The van der Waals surface area contributed by atoms with Crippen molar-refractivity contribution in [1.82, 2.24) is 10.2 Å². The van der Waals surface area contributed by atoms with Crippen LogP contribution >= 0.6 is 0 Å². The average molecular weight is 289 g/mol. The number of hydrogen-bond donors (Lipinski definition) is 1. The molecule has 0 aromatic rings. The predicted octanol–water partition coefficient (Wildman–Crippen LogP) is 1.59. The fraction of sp³-hybridized carbons (Fsp3) is 0.812. The van der Waals surface area contributed by atoms with Gasteiger partial charge in [0, 0.05) is 19.0 Å². The monoisotopic (exact) mass is 289 g/mol. The summed E-state index contributed by atoms with van der Waals surface area (Å²) in [5, 5.41) is 12.4. The molecule has 1 N–H and O–H groups in total. The molecule has 2 aliphatic carbocycles. The molecule has 3 fully saturated rings. The third-order valence-electron chi connectivity index (χ3n) is 5.32. The summed E-state index contributed by atoms with van der Waals surface area (Å²) in [6.07, 6.45) is 5.75. The van der Waals surface area contributed by atoms with Crippen LogP contribution < -0.4 is 5.32 Å². The van der Waals surface area contributed by atoms with Gasteiger partial charge in [-0.15, -0.1) is 0 Å². The van der Waals surface area contributed by atoms with Crippen LogP contribution in [-0.2, 0) is 9.59 Å². The van der Waals surface area contributed by atoms with Crippen LogP contribution in [0.4, 0.5) is 0 Å². The van der Waals surface area contributed by atoms with E-state index >= 15 is 0 Å². The van der Waals surface area contributed by atoms with E-state index < -0.39 is 5.41 Å². The minimum absolute atomic E-state index is 0.120. The molecule has 0 bridgehead atoms. The van der Waals surface area contributed by atoms with Gasteiger partial charge < -0.3 is 10.2 Å². The highest BCUT2D eigenvalue weighted by Gasteiger charge is 2.46. The van der Waals surface area contributed by atoms with Gasteiger partial charge in [0.15, 0.2) is 0 Å². The number of amides is 2. The topological polar surface area (TPSA) is 73.2 Å². The van der Waals surface area contributed by atoms with Crippen molar-refractivity contribution in [1.29, 1.82) is 5.26 Å². The summed E-state index contributed by atoms with van der Waals surface area (Å²) < 4.78 is 0.